The molecule has 7 atom stereocenters. The number of anilines is 3. The van der Waals surface area contributed by atoms with Crippen molar-refractivity contribution in [3.05, 3.63) is 77.9 Å². The van der Waals surface area contributed by atoms with Crippen molar-refractivity contribution in [1.29, 1.82) is 0 Å². The Labute approximate surface area is 347 Å². The number of likely N-dealkylation sites (tertiary alicyclic amines) is 1. The molecule has 4 fully saturated rings. The lowest BCUT2D eigenvalue weighted by atomic mass is 9.82. The Morgan fingerprint density at radius 2 is 1.59 bits per heavy atom. The van der Waals surface area contributed by atoms with Gasteiger partial charge in [-0.2, -0.15) is 0 Å². The van der Waals surface area contributed by atoms with Crippen LogP contribution in [0.2, 0.25) is 18.6 Å². The fourth-order valence-corrected chi connectivity index (χ4v) is 14.6. The van der Waals surface area contributed by atoms with Gasteiger partial charge in [-0.05, 0) is 105 Å². The highest BCUT2D eigenvalue weighted by Gasteiger charge is 2.66. The molecule has 0 saturated carbocycles. The minimum Gasteiger partial charge on any atom is -0.497 e. The molecule has 0 aromatic heterocycles. The number of benzene rings is 3. The maximum Gasteiger partial charge on any atom is 0.264 e. The number of nitrogens with zero attached hydrogens (tertiary/aromatic N) is 2. The van der Waals surface area contributed by atoms with Gasteiger partial charge < -0.3 is 45.6 Å². The summed E-state index contributed by atoms with van der Waals surface area (Å²) in [4.78, 5) is 59.8. The van der Waals surface area contributed by atoms with Gasteiger partial charge in [-0.3, -0.25) is 19.2 Å². The molecule has 0 aliphatic carbocycles. The molecule has 5 N–H and O–H groups in total. The van der Waals surface area contributed by atoms with Crippen LogP contribution in [0.15, 0.2) is 66.7 Å². The molecule has 13 nitrogen and oxygen atoms in total. The molecule has 4 saturated heterocycles. The average molecular weight is 823 g/mol. The number of aliphatic hydroxyl groups excluding tert-OH is 1. The second-order valence-corrected chi connectivity index (χ2v) is 22.2. The summed E-state index contributed by atoms with van der Waals surface area (Å²) < 4.78 is 12.8. The van der Waals surface area contributed by atoms with Crippen molar-refractivity contribution in [3.63, 3.8) is 0 Å². The van der Waals surface area contributed by atoms with E-state index in [1.807, 2.05) is 54.6 Å². The normalized spacial score (nSPS) is 27.7. The number of hydrogen-bond acceptors (Lipinski definition) is 9. The van der Waals surface area contributed by atoms with E-state index >= 15 is 4.79 Å². The highest BCUT2D eigenvalue weighted by atomic mass is 28.3. The van der Waals surface area contributed by atoms with Crippen LogP contribution in [0.25, 0.3) is 0 Å². The molecule has 0 radical (unpaired) electrons. The number of nitrogens with one attached hydrogen (secondary N) is 4. The Balaban J connectivity index is 1.18. The van der Waals surface area contributed by atoms with E-state index in [1.54, 1.807) is 16.9 Å². The van der Waals surface area contributed by atoms with E-state index in [0.29, 0.717) is 29.2 Å². The van der Waals surface area contributed by atoms with Crippen LogP contribution < -0.4 is 36.1 Å². The van der Waals surface area contributed by atoms with Gasteiger partial charge in [-0.15, -0.1) is 0 Å². The maximum atomic E-state index is 15.6. The molecule has 0 bridgehead atoms. The van der Waals surface area contributed by atoms with Gasteiger partial charge in [0.1, 0.15) is 5.75 Å². The quantitative estimate of drug-likeness (QED) is 0.169. The van der Waals surface area contributed by atoms with Crippen LogP contribution >= 0.6 is 0 Å². The number of carbonyl (C=O) groups excluding carboxylic acids is 4. The molecule has 8 rings (SSSR count). The Bertz CT molecular complexity index is 2070. The molecule has 5 heterocycles. The number of methoxy groups -OCH3 is 1. The second kappa shape index (κ2) is 16.8. The molecule has 3 aromatic carbocycles. The molecule has 314 valence electrons. The smallest absolute Gasteiger partial charge is 0.264 e. The first-order valence-corrected chi connectivity index (χ1v) is 24.4. The lowest BCUT2D eigenvalue weighted by Crippen LogP contribution is -2.52. The lowest BCUT2D eigenvalue weighted by molar-refractivity contribution is -0.150. The topological polar surface area (TPSA) is 162 Å². The van der Waals surface area contributed by atoms with Crippen LogP contribution in [0.4, 0.5) is 17.1 Å². The highest BCUT2D eigenvalue weighted by molar-refractivity contribution is 6.91. The first kappa shape index (κ1) is 41.1. The molecular weight excluding hydrogens is 765 g/mol. The summed E-state index contributed by atoms with van der Waals surface area (Å²) in [6.07, 6.45) is 4.46. The van der Waals surface area contributed by atoms with Crippen molar-refractivity contribution >= 4 is 54.0 Å². The van der Waals surface area contributed by atoms with Gasteiger partial charge in [0, 0.05) is 29.4 Å². The second-order valence-electron chi connectivity index (χ2n) is 17.5. The summed E-state index contributed by atoms with van der Waals surface area (Å²) in [5.74, 6) is -0.133. The zero-order valence-corrected chi connectivity index (χ0v) is 35.6. The van der Waals surface area contributed by atoms with E-state index in [2.05, 4.69) is 53.4 Å². The van der Waals surface area contributed by atoms with Crippen molar-refractivity contribution in [2.45, 2.75) is 107 Å². The standard InChI is InChI=1S/C45H58N6O7Si/c1-28-41(59(3,4)34-17-15-33(57-2)16-18-34)39(25-40(53)50-22-8-11-32(50)27-52)58-45(28)35-24-31(49-43(55)37-13-7-21-47-37)14-19-38(35)51(44(45)56)26-29-9-5-10-30(23-29)48-42(54)36-12-6-20-46-36/h5,9-10,14-19,23-24,28,32,36-37,39,41,46-47,52H,6-8,11-13,20-22,25-27H2,1-4H3,(H,48,54)(H,49,55)/t28-,32+,36-,37-,39+,41-,45+/m1/s1. The summed E-state index contributed by atoms with van der Waals surface area (Å²) >= 11 is 0. The van der Waals surface area contributed by atoms with E-state index in [-0.39, 0.29) is 72.8 Å². The first-order valence-electron chi connectivity index (χ1n) is 21.3. The number of rotatable bonds is 12. The van der Waals surface area contributed by atoms with Crippen LogP contribution in [0.5, 0.6) is 5.75 Å². The van der Waals surface area contributed by atoms with Crippen LogP contribution in [0.3, 0.4) is 0 Å². The fourth-order valence-electron chi connectivity index (χ4n) is 10.6. The number of aliphatic hydroxyl groups is 1. The maximum absolute atomic E-state index is 15.6. The highest BCUT2D eigenvalue weighted by Crippen LogP contribution is 2.60. The Kier molecular flexibility index (Phi) is 11.7. The van der Waals surface area contributed by atoms with Crippen molar-refractivity contribution < 1.29 is 33.8 Å². The van der Waals surface area contributed by atoms with Gasteiger partial charge in [-0.25, -0.2) is 0 Å². The molecule has 3 aromatic rings. The third-order valence-electron chi connectivity index (χ3n) is 13.7. The fraction of sp³-hybridized carbons (Fsp3) is 0.511. The zero-order chi connectivity index (χ0) is 41.5. The van der Waals surface area contributed by atoms with Gasteiger partial charge in [-0.1, -0.05) is 49.5 Å². The van der Waals surface area contributed by atoms with E-state index in [9.17, 15) is 19.5 Å². The van der Waals surface area contributed by atoms with Gasteiger partial charge in [0.05, 0.1) is 64.7 Å². The monoisotopic (exact) mass is 822 g/mol. The predicted octanol–water partition coefficient (Wildman–Crippen LogP) is 4.21. The van der Waals surface area contributed by atoms with Crippen LogP contribution in [0.1, 0.15) is 63.0 Å². The Morgan fingerprint density at radius 3 is 2.22 bits per heavy atom. The van der Waals surface area contributed by atoms with E-state index in [4.69, 9.17) is 9.47 Å². The van der Waals surface area contributed by atoms with Crippen LogP contribution in [-0.4, -0.2) is 99.3 Å². The number of amides is 4. The summed E-state index contributed by atoms with van der Waals surface area (Å²) in [5, 5.41) is 24.0. The largest absolute Gasteiger partial charge is 0.497 e. The predicted molar refractivity (Wildman–Crippen MR) is 229 cm³/mol. The van der Waals surface area contributed by atoms with Crippen LogP contribution in [-0.2, 0) is 36.1 Å². The minimum absolute atomic E-state index is 0.0732. The number of ether oxygens (including phenoxy) is 2. The molecule has 0 unspecified atom stereocenters. The van der Waals surface area contributed by atoms with Gasteiger partial charge >= 0.3 is 0 Å². The van der Waals surface area contributed by atoms with Gasteiger partial charge in [0.2, 0.25) is 17.7 Å². The van der Waals surface area contributed by atoms with Crippen LogP contribution in [0, 0.1) is 5.92 Å². The summed E-state index contributed by atoms with van der Waals surface area (Å²) in [7, 11) is -0.925. The third kappa shape index (κ3) is 7.69. The molecule has 5 aliphatic rings. The third-order valence-corrected chi connectivity index (χ3v) is 18.0. The number of hydrogen-bond donors (Lipinski definition) is 5. The van der Waals surface area contributed by atoms with E-state index in [0.717, 1.165) is 68.1 Å². The van der Waals surface area contributed by atoms with E-state index in [1.165, 1.54) is 0 Å². The van der Waals surface area contributed by atoms with Gasteiger partial charge in [0.15, 0.2) is 5.60 Å². The summed E-state index contributed by atoms with van der Waals surface area (Å²) in [5.41, 5.74) is 1.75. The van der Waals surface area contributed by atoms with Crippen molar-refractivity contribution in [2.75, 3.05) is 48.9 Å². The number of carbonyl (C=O) groups is 4. The molecule has 59 heavy (non-hydrogen) atoms. The van der Waals surface area contributed by atoms with Crippen molar-refractivity contribution in [1.82, 2.24) is 15.5 Å². The molecule has 14 heteroatoms. The summed E-state index contributed by atoms with van der Waals surface area (Å²) in [6, 6.07) is 20.6. The Hall–Kier alpha value is -4.60. The molecule has 4 amide bonds. The Morgan fingerprint density at radius 1 is 0.915 bits per heavy atom. The average Bonchev–Trinajstić information content (AvgIpc) is 4.09. The number of fused-ring (bicyclic) bond motifs is 2. The van der Waals surface area contributed by atoms with E-state index < -0.39 is 19.8 Å². The first-order chi connectivity index (χ1) is 28.4. The SMILES string of the molecule is COc1ccc([Si](C)(C)[C@H]2[C@H](CC(=O)N3CCC[C@H]3CO)O[C@@]3(C(=O)N(Cc4cccc(NC(=O)[C@H]5CCCN5)c4)c4ccc(NC(=O)[C@H]5CCCN5)cc43)[C@@H]2C)cc1. The molecule has 5 aliphatic heterocycles. The molecule has 1 spiro atoms. The molecular formula is C45H58N6O7Si. The zero-order valence-electron chi connectivity index (χ0n) is 34.6. The van der Waals surface area contributed by atoms with Crippen molar-refractivity contribution in [2.24, 2.45) is 5.92 Å². The summed E-state index contributed by atoms with van der Waals surface area (Å²) in [6.45, 7) is 8.95. The minimum atomic E-state index is -2.57. The van der Waals surface area contributed by atoms with Crippen molar-refractivity contribution in [3.8, 4) is 5.75 Å². The van der Waals surface area contributed by atoms with Gasteiger partial charge in [0.25, 0.3) is 5.91 Å². The lowest BCUT2D eigenvalue weighted by Gasteiger charge is -2.37.